The Morgan fingerprint density at radius 2 is 2.27 bits per heavy atom. The van der Waals surface area contributed by atoms with Crippen LogP contribution in [0.25, 0.3) is 0 Å². The largest absolute Gasteiger partial charge is 0.395 e. The summed E-state index contributed by atoms with van der Waals surface area (Å²) in [5.41, 5.74) is 6.28. The molecule has 0 saturated heterocycles. The summed E-state index contributed by atoms with van der Waals surface area (Å²) in [6.07, 6.45) is 0. The molecule has 0 bridgehead atoms. The Hall–Kier alpha value is -1.25. The van der Waals surface area contributed by atoms with Gasteiger partial charge >= 0.3 is 0 Å². The molecule has 0 spiro atoms. The average Bonchev–Trinajstić information content (AvgIpc) is 1.99. The van der Waals surface area contributed by atoms with Crippen molar-refractivity contribution in [3.05, 3.63) is 24.0 Å². The molecular formula is C8H11FN2. The second kappa shape index (κ2) is 3.23. The second-order valence-electron chi connectivity index (χ2n) is 2.23. The highest BCUT2D eigenvalue weighted by atomic mass is 19.1. The van der Waals surface area contributed by atoms with Crippen LogP contribution in [0.5, 0.6) is 0 Å². The molecule has 0 atom stereocenters. The van der Waals surface area contributed by atoms with Gasteiger partial charge in [-0.15, -0.1) is 0 Å². The van der Waals surface area contributed by atoms with E-state index in [1.807, 2.05) is 6.92 Å². The van der Waals surface area contributed by atoms with E-state index in [1.165, 1.54) is 6.07 Å². The third-order valence-electron chi connectivity index (χ3n) is 1.42. The molecule has 3 N–H and O–H groups in total. The van der Waals surface area contributed by atoms with Gasteiger partial charge in [0.25, 0.3) is 0 Å². The minimum Gasteiger partial charge on any atom is -0.395 e. The minimum absolute atomic E-state index is 0.189. The van der Waals surface area contributed by atoms with Crippen LogP contribution >= 0.6 is 0 Å². The Labute approximate surface area is 65.2 Å². The van der Waals surface area contributed by atoms with Crippen LogP contribution in [0.15, 0.2) is 18.2 Å². The molecule has 0 aliphatic heterocycles. The molecule has 0 aliphatic carbocycles. The molecule has 0 aliphatic rings. The first-order chi connectivity index (χ1) is 5.25. The van der Waals surface area contributed by atoms with Gasteiger partial charge in [0.1, 0.15) is 5.82 Å². The van der Waals surface area contributed by atoms with E-state index in [1.54, 1.807) is 12.1 Å². The maximum atomic E-state index is 12.7. The van der Waals surface area contributed by atoms with Crippen LogP contribution in [-0.4, -0.2) is 6.54 Å². The number of halogens is 1. The molecule has 1 aromatic carbocycles. The molecule has 0 amide bonds. The number of anilines is 2. The van der Waals surface area contributed by atoms with E-state index in [4.69, 9.17) is 5.73 Å². The van der Waals surface area contributed by atoms with Crippen molar-refractivity contribution in [2.75, 3.05) is 17.6 Å². The first kappa shape index (κ1) is 7.85. The number of hydrogen-bond acceptors (Lipinski definition) is 2. The van der Waals surface area contributed by atoms with Crippen molar-refractivity contribution in [1.29, 1.82) is 0 Å². The fourth-order valence-electron chi connectivity index (χ4n) is 0.882. The van der Waals surface area contributed by atoms with Gasteiger partial charge in [0.2, 0.25) is 0 Å². The van der Waals surface area contributed by atoms with Gasteiger partial charge in [0, 0.05) is 6.54 Å². The fraction of sp³-hybridized carbons (Fsp3) is 0.250. The summed E-state index contributed by atoms with van der Waals surface area (Å²) in [7, 11) is 0. The van der Waals surface area contributed by atoms with Crippen molar-refractivity contribution in [2.45, 2.75) is 6.92 Å². The molecule has 0 heterocycles. The number of nitrogens with one attached hydrogen (secondary N) is 1. The van der Waals surface area contributed by atoms with Crippen molar-refractivity contribution in [2.24, 2.45) is 0 Å². The first-order valence-electron chi connectivity index (χ1n) is 3.53. The molecule has 60 valence electrons. The van der Waals surface area contributed by atoms with Gasteiger partial charge in [-0.25, -0.2) is 4.39 Å². The standard InChI is InChI=1S/C8H11FN2/c1-2-11-7-5-3-4-6(9)8(7)10/h3-5,11H,2,10H2,1H3. The number of rotatable bonds is 2. The lowest BCUT2D eigenvalue weighted by Crippen LogP contribution is -2.02. The van der Waals surface area contributed by atoms with Gasteiger partial charge in [0.05, 0.1) is 11.4 Å². The lowest BCUT2D eigenvalue weighted by atomic mass is 10.2. The molecule has 1 aromatic rings. The van der Waals surface area contributed by atoms with Crippen molar-refractivity contribution in [1.82, 2.24) is 0 Å². The molecule has 0 saturated carbocycles. The molecule has 2 nitrogen and oxygen atoms in total. The molecular weight excluding hydrogens is 143 g/mol. The summed E-state index contributed by atoms with van der Waals surface area (Å²) in [4.78, 5) is 0. The highest BCUT2D eigenvalue weighted by Crippen LogP contribution is 2.20. The molecule has 0 radical (unpaired) electrons. The smallest absolute Gasteiger partial charge is 0.148 e. The maximum Gasteiger partial charge on any atom is 0.148 e. The zero-order valence-corrected chi connectivity index (χ0v) is 6.39. The Balaban J connectivity index is 2.96. The first-order valence-corrected chi connectivity index (χ1v) is 3.53. The third-order valence-corrected chi connectivity index (χ3v) is 1.42. The molecule has 1 rings (SSSR count). The summed E-state index contributed by atoms with van der Waals surface area (Å²) < 4.78 is 12.7. The molecule has 0 aromatic heterocycles. The Morgan fingerprint density at radius 3 is 2.91 bits per heavy atom. The van der Waals surface area contributed by atoms with Gasteiger partial charge < -0.3 is 11.1 Å². The fourth-order valence-corrected chi connectivity index (χ4v) is 0.882. The molecule has 3 heteroatoms. The highest BCUT2D eigenvalue weighted by Gasteiger charge is 2.01. The lowest BCUT2D eigenvalue weighted by molar-refractivity contribution is 0.633. The molecule has 11 heavy (non-hydrogen) atoms. The Bertz CT molecular complexity index is 248. The van der Waals surface area contributed by atoms with Gasteiger partial charge in [-0.2, -0.15) is 0 Å². The third kappa shape index (κ3) is 1.61. The number of para-hydroxylation sites is 1. The average molecular weight is 154 g/mol. The maximum absolute atomic E-state index is 12.7. The summed E-state index contributed by atoms with van der Waals surface area (Å²) >= 11 is 0. The van der Waals surface area contributed by atoms with Crippen LogP contribution in [-0.2, 0) is 0 Å². The normalized spacial score (nSPS) is 9.64. The predicted octanol–water partition coefficient (Wildman–Crippen LogP) is 1.84. The van der Waals surface area contributed by atoms with Crippen molar-refractivity contribution < 1.29 is 4.39 Å². The van der Waals surface area contributed by atoms with Crippen LogP contribution in [0.3, 0.4) is 0 Å². The van der Waals surface area contributed by atoms with Crippen molar-refractivity contribution in [3.8, 4) is 0 Å². The quantitative estimate of drug-likeness (QED) is 0.638. The second-order valence-corrected chi connectivity index (χ2v) is 2.23. The van der Waals surface area contributed by atoms with E-state index in [9.17, 15) is 4.39 Å². The van der Waals surface area contributed by atoms with Gasteiger partial charge in [-0.1, -0.05) is 6.07 Å². The zero-order chi connectivity index (χ0) is 8.27. The lowest BCUT2D eigenvalue weighted by Gasteiger charge is -2.06. The summed E-state index contributed by atoms with van der Waals surface area (Å²) in [6, 6.07) is 4.72. The Morgan fingerprint density at radius 1 is 1.55 bits per heavy atom. The summed E-state index contributed by atoms with van der Waals surface area (Å²) in [5.74, 6) is -0.372. The van der Waals surface area contributed by atoms with Crippen molar-refractivity contribution >= 4 is 11.4 Å². The summed E-state index contributed by atoms with van der Waals surface area (Å²) in [5, 5.41) is 2.95. The zero-order valence-electron chi connectivity index (χ0n) is 6.39. The monoisotopic (exact) mass is 154 g/mol. The van der Waals surface area contributed by atoms with Gasteiger partial charge in [0.15, 0.2) is 0 Å². The molecule has 0 fully saturated rings. The minimum atomic E-state index is -0.372. The van der Waals surface area contributed by atoms with E-state index in [2.05, 4.69) is 5.32 Å². The van der Waals surface area contributed by atoms with E-state index in [-0.39, 0.29) is 11.5 Å². The van der Waals surface area contributed by atoms with Gasteiger partial charge in [-0.3, -0.25) is 0 Å². The van der Waals surface area contributed by atoms with Crippen LogP contribution in [0.4, 0.5) is 15.8 Å². The number of nitrogen functional groups attached to an aromatic ring is 1. The number of benzene rings is 1. The van der Waals surface area contributed by atoms with Crippen molar-refractivity contribution in [3.63, 3.8) is 0 Å². The van der Waals surface area contributed by atoms with Crippen LogP contribution < -0.4 is 11.1 Å². The number of hydrogen-bond donors (Lipinski definition) is 2. The topological polar surface area (TPSA) is 38.0 Å². The van der Waals surface area contributed by atoms with Gasteiger partial charge in [-0.05, 0) is 19.1 Å². The van der Waals surface area contributed by atoms with E-state index < -0.39 is 0 Å². The Kier molecular flexibility index (Phi) is 2.31. The van der Waals surface area contributed by atoms with Crippen LogP contribution in [0.1, 0.15) is 6.92 Å². The predicted molar refractivity (Wildman–Crippen MR) is 45.0 cm³/mol. The van der Waals surface area contributed by atoms with E-state index in [0.717, 1.165) is 6.54 Å². The number of nitrogens with two attached hydrogens (primary N) is 1. The highest BCUT2D eigenvalue weighted by molar-refractivity contribution is 5.66. The summed E-state index contributed by atoms with van der Waals surface area (Å²) in [6.45, 7) is 2.68. The molecule has 0 unspecified atom stereocenters. The van der Waals surface area contributed by atoms with E-state index >= 15 is 0 Å². The van der Waals surface area contributed by atoms with Crippen LogP contribution in [0.2, 0.25) is 0 Å². The van der Waals surface area contributed by atoms with Crippen LogP contribution in [0, 0.1) is 5.82 Å². The SMILES string of the molecule is CCNc1cccc(F)c1N. The van der Waals surface area contributed by atoms with E-state index in [0.29, 0.717) is 5.69 Å².